The average Bonchev–Trinajstić information content (AvgIpc) is 2.71. The fraction of sp³-hybridized carbons (Fsp3) is 0.480. The van der Waals surface area contributed by atoms with E-state index in [1.54, 1.807) is 0 Å². The van der Waals surface area contributed by atoms with E-state index in [0.717, 1.165) is 47.1 Å². The molecule has 0 saturated carbocycles. The number of hydrogen-bond acceptors (Lipinski definition) is 4. The number of carbonyl (C=O) groups is 1. The van der Waals surface area contributed by atoms with Crippen molar-refractivity contribution in [3.63, 3.8) is 0 Å². The van der Waals surface area contributed by atoms with Crippen LogP contribution in [0.2, 0.25) is 0 Å². The number of aryl methyl sites for hydroxylation is 3. The van der Waals surface area contributed by atoms with Crippen LogP contribution in [-0.4, -0.2) is 32.7 Å². The highest BCUT2D eigenvalue weighted by Crippen LogP contribution is 2.42. The Morgan fingerprint density at radius 3 is 2.28 bits per heavy atom. The van der Waals surface area contributed by atoms with Crippen molar-refractivity contribution in [2.24, 2.45) is 0 Å². The number of fused-ring (bicyclic) bond motifs is 1. The molecule has 32 heavy (non-hydrogen) atoms. The molecular formula is C25H34N2O4S. The Bertz CT molecular complexity index is 1080. The summed E-state index contributed by atoms with van der Waals surface area (Å²) in [6, 6.07) is 11.4. The molecule has 3 rings (SSSR count). The third-order valence-corrected chi connectivity index (χ3v) is 7.51. The van der Waals surface area contributed by atoms with Gasteiger partial charge in [-0.25, -0.2) is 8.42 Å². The van der Waals surface area contributed by atoms with Crippen LogP contribution in [0.1, 0.15) is 61.4 Å². The van der Waals surface area contributed by atoms with E-state index in [9.17, 15) is 13.2 Å². The predicted molar refractivity (Wildman–Crippen MR) is 129 cm³/mol. The number of hydrogen-bond donors (Lipinski definition) is 1. The number of ether oxygens (including phenoxy) is 1. The molecule has 174 valence electrons. The van der Waals surface area contributed by atoms with Crippen molar-refractivity contribution in [1.29, 1.82) is 0 Å². The smallest absolute Gasteiger partial charge is 0.241 e. The van der Waals surface area contributed by atoms with E-state index >= 15 is 0 Å². The van der Waals surface area contributed by atoms with Gasteiger partial charge in [0.05, 0.1) is 18.0 Å². The Kier molecular flexibility index (Phi) is 6.89. The van der Waals surface area contributed by atoms with Gasteiger partial charge < -0.3 is 10.1 Å². The molecule has 7 heteroatoms. The number of nitrogens with zero attached hydrogens (tertiary/aromatic N) is 1. The number of para-hydroxylation sites is 1. The Balaban J connectivity index is 1.90. The molecule has 1 N–H and O–H groups in total. The van der Waals surface area contributed by atoms with Gasteiger partial charge in [-0.15, -0.1) is 0 Å². The van der Waals surface area contributed by atoms with Gasteiger partial charge in [-0.05, 0) is 50.8 Å². The molecule has 6 nitrogen and oxygen atoms in total. The maximum absolute atomic E-state index is 13.2. The molecule has 1 amide bonds. The van der Waals surface area contributed by atoms with Crippen LogP contribution in [0, 0.1) is 20.8 Å². The van der Waals surface area contributed by atoms with Crippen molar-refractivity contribution >= 4 is 21.6 Å². The number of nitrogens with one attached hydrogen (secondary N) is 1. The van der Waals surface area contributed by atoms with Crippen LogP contribution < -0.4 is 14.4 Å². The molecule has 0 aromatic heterocycles. The van der Waals surface area contributed by atoms with E-state index < -0.39 is 10.0 Å². The first kappa shape index (κ1) is 24.1. The van der Waals surface area contributed by atoms with Crippen molar-refractivity contribution in [3.05, 3.63) is 58.7 Å². The van der Waals surface area contributed by atoms with Crippen LogP contribution in [0.15, 0.2) is 36.4 Å². The van der Waals surface area contributed by atoms with Gasteiger partial charge in [-0.3, -0.25) is 9.10 Å². The summed E-state index contributed by atoms with van der Waals surface area (Å²) >= 11 is 0. The molecule has 1 atom stereocenters. The number of benzene rings is 2. The molecule has 2 aromatic rings. The summed E-state index contributed by atoms with van der Waals surface area (Å²) < 4.78 is 32.9. The summed E-state index contributed by atoms with van der Waals surface area (Å²) in [5.74, 6) is 0.440. The first-order valence-electron chi connectivity index (χ1n) is 11.1. The van der Waals surface area contributed by atoms with E-state index in [1.165, 1.54) is 4.31 Å². The summed E-state index contributed by atoms with van der Waals surface area (Å²) in [4.78, 5) is 13.2. The fourth-order valence-electron chi connectivity index (χ4n) is 4.73. The summed E-state index contributed by atoms with van der Waals surface area (Å²) in [7, 11) is -3.66. The number of rotatable bonds is 7. The second-order valence-corrected chi connectivity index (χ2v) is 10.8. The third-order valence-electron chi connectivity index (χ3n) is 6.39. The Hall–Kier alpha value is -2.54. The maximum atomic E-state index is 13.2. The van der Waals surface area contributed by atoms with Gasteiger partial charge in [0.1, 0.15) is 17.9 Å². The Morgan fingerprint density at radius 1 is 1.12 bits per heavy atom. The van der Waals surface area contributed by atoms with Gasteiger partial charge in [0.15, 0.2) is 0 Å². The number of amides is 1. The average molecular weight is 459 g/mol. The Labute approximate surface area is 192 Å². The number of anilines is 1. The number of sulfonamides is 1. The zero-order valence-electron chi connectivity index (χ0n) is 19.9. The molecule has 0 saturated heterocycles. The Morgan fingerprint density at radius 2 is 1.72 bits per heavy atom. The molecule has 0 spiro atoms. The lowest BCUT2D eigenvalue weighted by Gasteiger charge is -2.41. The molecule has 1 unspecified atom stereocenters. The van der Waals surface area contributed by atoms with Crippen LogP contribution >= 0.6 is 0 Å². The molecule has 0 fully saturated rings. The molecule has 0 radical (unpaired) electrons. The predicted octanol–water partition coefficient (Wildman–Crippen LogP) is 4.58. The minimum absolute atomic E-state index is 0.242. The van der Waals surface area contributed by atoms with Crippen molar-refractivity contribution in [2.75, 3.05) is 17.1 Å². The van der Waals surface area contributed by atoms with E-state index in [4.69, 9.17) is 4.74 Å². The minimum Gasteiger partial charge on any atom is -0.487 e. The first-order chi connectivity index (χ1) is 15.0. The third kappa shape index (κ3) is 4.93. The van der Waals surface area contributed by atoms with Gasteiger partial charge in [-0.2, -0.15) is 0 Å². The van der Waals surface area contributed by atoms with Crippen LogP contribution in [0.4, 0.5) is 5.69 Å². The fourth-order valence-corrected chi connectivity index (χ4v) is 5.70. The van der Waals surface area contributed by atoms with Gasteiger partial charge >= 0.3 is 0 Å². The molecule has 1 aliphatic rings. The van der Waals surface area contributed by atoms with Gasteiger partial charge in [-0.1, -0.05) is 49.7 Å². The lowest BCUT2D eigenvalue weighted by atomic mass is 9.83. The quantitative estimate of drug-likeness (QED) is 0.659. The van der Waals surface area contributed by atoms with Crippen molar-refractivity contribution in [3.8, 4) is 5.75 Å². The first-order valence-corrected chi connectivity index (χ1v) is 13.0. The summed E-state index contributed by atoms with van der Waals surface area (Å²) in [5.41, 5.74) is 3.84. The van der Waals surface area contributed by atoms with Gasteiger partial charge in [0.25, 0.3) is 0 Å². The molecule has 0 bridgehead atoms. The van der Waals surface area contributed by atoms with Gasteiger partial charge in [0, 0.05) is 12.0 Å². The summed E-state index contributed by atoms with van der Waals surface area (Å²) in [5, 5.41) is 3.10. The largest absolute Gasteiger partial charge is 0.487 e. The molecular weight excluding hydrogens is 424 g/mol. The lowest BCUT2D eigenvalue weighted by Crippen LogP contribution is -2.47. The standard InChI is InChI=1S/C25H34N2O4S/c1-7-25(8-2)15-21(20-11-9-10-12-22(20)31-25)26-23(28)16-27(32(6,29)30)24-18(4)13-17(3)14-19(24)5/h9-14,21H,7-8,15-16H2,1-6H3,(H,26,28). The highest BCUT2D eigenvalue weighted by atomic mass is 32.2. The molecule has 1 aliphatic heterocycles. The molecule has 0 aliphatic carbocycles. The SMILES string of the molecule is CCC1(CC)CC(NC(=O)CN(c2c(C)cc(C)cc2C)S(C)(=O)=O)c2ccccc2O1. The minimum atomic E-state index is -3.66. The molecule has 2 aromatic carbocycles. The van der Waals surface area contributed by atoms with E-state index in [2.05, 4.69) is 19.2 Å². The second kappa shape index (κ2) is 9.14. The van der Waals surface area contributed by atoms with E-state index in [0.29, 0.717) is 12.1 Å². The van der Waals surface area contributed by atoms with Crippen LogP contribution in [0.5, 0.6) is 5.75 Å². The van der Waals surface area contributed by atoms with Gasteiger partial charge in [0.2, 0.25) is 15.9 Å². The van der Waals surface area contributed by atoms with Crippen LogP contribution in [0.3, 0.4) is 0 Å². The summed E-state index contributed by atoms with van der Waals surface area (Å²) in [6.07, 6.45) is 3.43. The molecule has 1 heterocycles. The van der Waals surface area contributed by atoms with Crippen molar-refractivity contribution < 1.29 is 17.9 Å². The maximum Gasteiger partial charge on any atom is 0.241 e. The zero-order chi connectivity index (χ0) is 23.7. The van der Waals surface area contributed by atoms with Crippen LogP contribution in [-0.2, 0) is 14.8 Å². The lowest BCUT2D eigenvalue weighted by molar-refractivity contribution is -0.121. The van der Waals surface area contributed by atoms with Crippen LogP contribution in [0.25, 0.3) is 0 Å². The monoisotopic (exact) mass is 458 g/mol. The number of carbonyl (C=O) groups excluding carboxylic acids is 1. The topological polar surface area (TPSA) is 75.7 Å². The van der Waals surface area contributed by atoms with E-state index in [-0.39, 0.29) is 24.1 Å². The highest BCUT2D eigenvalue weighted by Gasteiger charge is 2.39. The van der Waals surface area contributed by atoms with Crippen molar-refractivity contribution in [2.45, 2.75) is 65.5 Å². The zero-order valence-corrected chi connectivity index (χ0v) is 20.7. The van der Waals surface area contributed by atoms with Crippen molar-refractivity contribution in [1.82, 2.24) is 5.32 Å². The second-order valence-electron chi connectivity index (χ2n) is 8.87. The highest BCUT2D eigenvalue weighted by molar-refractivity contribution is 7.92. The normalized spacial score (nSPS) is 17.2. The van der Waals surface area contributed by atoms with E-state index in [1.807, 2.05) is 57.2 Å². The summed E-state index contributed by atoms with van der Waals surface area (Å²) in [6.45, 7) is 9.62.